The molecule has 0 aromatic carbocycles. The number of aromatic nitrogens is 3. The van der Waals surface area contributed by atoms with Gasteiger partial charge in [-0.05, 0) is 37.1 Å². The van der Waals surface area contributed by atoms with Crippen LogP contribution in [0, 0.1) is 5.92 Å². The van der Waals surface area contributed by atoms with Crippen LogP contribution in [0.3, 0.4) is 0 Å². The zero-order chi connectivity index (χ0) is 15.9. The van der Waals surface area contributed by atoms with Crippen LogP contribution < -0.4 is 5.32 Å². The third kappa shape index (κ3) is 4.46. The van der Waals surface area contributed by atoms with E-state index in [1.54, 1.807) is 19.5 Å². The van der Waals surface area contributed by atoms with E-state index in [0.29, 0.717) is 11.9 Å². The number of pyridine rings is 1. The molecule has 1 aliphatic heterocycles. The van der Waals surface area contributed by atoms with Gasteiger partial charge < -0.3 is 15.0 Å². The Morgan fingerprint density at radius 2 is 2.17 bits per heavy atom. The first kappa shape index (κ1) is 15.8. The summed E-state index contributed by atoms with van der Waals surface area (Å²) < 4.78 is 5.14. The van der Waals surface area contributed by atoms with E-state index in [4.69, 9.17) is 4.74 Å². The molecule has 3 rings (SSSR count). The molecule has 6 heteroatoms. The number of methoxy groups -OCH3 is 1. The number of hydrogen-bond donors (Lipinski definition) is 1. The van der Waals surface area contributed by atoms with Crippen LogP contribution in [0.1, 0.15) is 6.42 Å². The standard InChI is InChI=1S/C17H23N5O/c1-23-11-10-22-9-6-14(13-22)12-20-17-19-8-5-16(21-17)15-4-2-3-7-18-15/h2-5,7-8,14H,6,9-13H2,1H3,(H,19,20,21)/t14-/m0/s1. The Kier molecular flexibility index (Phi) is 5.50. The van der Waals surface area contributed by atoms with Gasteiger partial charge in [0.05, 0.1) is 18.0 Å². The number of anilines is 1. The zero-order valence-electron chi connectivity index (χ0n) is 13.5. The van der Waals surface area contributed by atoms with Crippen molar-refractivity contribution in [1.29, 1.82) is 0 Å². The Morgan fingerprint density at radius 3 is 3.00 bits per heavy atom. The third-order valence-corrected chi connectivity index (χ3v) is 4.11. The van der Waals surface area contributed by atoms with Crippen LogP contribution in [0.25, 0.3) is 11.4 Å². The lowest BCUT2D eigenvalue weighted by molar-refractivity contribution is 0.159. The van der Waals surface area contributed by atoms with Crippen molar-refractivity contribution in [3.8, 4) is 11.4 Å². The molecule has 0 bridgehead atoms. The van der Waals surface area contributed by atoms with Crippen molar-refractivity contribution in [2.24, 2.45) is 5.92 Å². The van der Waals surface area contributed by atoms with Gasteiger partial charge in [0.15, 0.2) is 0 Å². The minimum atomic E-state index is 0.633. The molecule has 2 aromatic rings. The molecule has 1 atom stereocenters. The molecule has 0 radical (unpaired) electrons. The van der Waals surface area contributed by atoms with Crippen molar-refractivity contribution < 1.29 is 4.74 Å². The molecule has 0 spiro atoms. The second-order valence-electron chi connectivity index (χ2n) is 5.81. The Labute approximate surface area is 136 Å². The minimum absolute atomic E-state index is 0.633. The molecule has 1 aliphatic rings. The van der Waals surface area contributed by atoms with Crippen molar-refractivity contribution in [3.63, 3.8) is 0 Å². The molecular weight excluding hydrogens is 290 g/mol. The summed E-state index contributed by atoms with van der Waals surface area (Å²) in [5.74, 6) is 1.30. The molecule has 1 N–H and O–H groups in total. The van der Waals surface area contributed by atoms with E-state index < -0.39 is 0 Å². The highest BCUT2D eigenvalue weighted by Crippen LogP contribution is 2.17. The van der Waals surface area contributed by atoms with Gasteiger partial charge in [-0.2, -0.15) is 0 Å². The number of ether oxygens (including phenoxy) is 1. The van der Waals surface area contributed by atoms with Crippen LogP contribution in [0.2, 0.25) is 0 Å². The molecule has 23 heavy (non-hydrogen) atoms. The lowest BCUT2D eigenvalue weighted by Gasteiger charge is -2.15. The minimum Gasteiger partial charge on any atom is -0.383 e. The Bertz CT molecular complexity index is 607. The second-order valence-corrected chi connectivity index (χ2v) is 5.81. The van der Waals surface area contributed by atoms with Crippen molar-refractivity contribution in [1.82, 2.24) is 19.9 Å². The molecule has 0 unspecified atom stereocenters. The topological polar surface area (TPSA) is 63.2 Å². The van der Waals surface area contributed by atoms with Gasteiger partial charge in [-0.3, -0.25) is 4.98 Å². The van der Waals surface area contributed by atoms with E-state index >= 15 is 0 Å². The molecule has 6 nitrogen and oxygen atoms in total. The van der Waals surface area contributed by atoms with Crippen LogP contribution in [0.15, 0.2) is 36.7 Å². The molecule has 1 fully saturated rings. The summed E-state index contributed by atoms with van der Waals surface area (Å²) in [5, 5.41) is 3.37. The number of nitrogens with zero attached hydrogens (tertiary/aromatic N) is 4. The van der Waals surface area contributed by atoms with Crippen molar-refractivity contribution in [3.05, 3.63) is 36.7 Å². The fourth-order valence-electron chi connectivity index (χ4n) is 2.84. The maximum Gasteiger partial charge on any atom is 0.223 e. The van der Waals surface area contributed by atoms with Gasteiger partial charge in [-0.1, -0.05) is 6.07 Å². The van der Waals surface area contributed by atoms with Gasteiger partial charge in [0.25, 0.3) is 0 Å². The highest BCUT2D eigenvalue weighted by atomic mass is 16.5. The summed E-state index contributed by atoms with van der Waals surface area (Å²) >= 11 is 0. The molecule has 122 valence electrons. The van der Waals surface area contributed by atoms with E-state index in [9.17, 15) is 0 Å². The van der Waals surface area contributed by atoms with Crippen LogP contribution in [-0.2, 0) is 4.74 Å². The van der Waals surface area contributed by atoms with Crippen LogP contribution in [0.5, 0.6) is 0 Å². The first-order valence-electron chi connectivity index (χ1n) is 8.05. The molecule has 1 saturated heterocycles. The molecule has 3 heterocycles. The van der Waals surface area contributed by atoms with Gasteiger partial charge in [0.2, 0.25) is 5.95 Å². The quantitative estimate of drug-likeness (QED) is 0.842. The van der Waals surface area contributed by atoms with Gasteiger partial charge in [-0.25, -0.2) is 9.97 Å². The highest BCUT2D eigenvalue weighted by Gasteiger charge is 2.21. The van der Waals surface area contributed by atoms with Crippen LogP contribution in [-0.4, -0.2) is 59.7 Å². The van der Waals surface area contributed by atoms with Gasteiger partial charge >= 0.3 is 0 Å². The molecule has 2 aromatic heterocycles. The van der Waals surface area contributed by atoms with Crippen LogP contribution in [0.4, 0.5) is 5.95 Å². The summed E-state index contributed by atoms with van der Waals surface area (Å²) in [7, 11) is 1.75. The lowest BCUT2D eigenvalue weighted by Crippen LogP contribution is -2.26. The van der Waals surface area contributed by atoms with Crippen molar-refractivity contribution in [2.45, 2.75) is 6.42 Å². The number of rotatable bonds is 7. The summed E-state index contributed by atoms with van der Waals surface area (Å²) in [6, 6.07) is 7.70. The Balaban J connectivity index is 1.53. The SMILES string of the molecule is COCCN1CC[C@@H](CNc2nccc(-c3ccccn3)n2)C1. The summed E-state index contributed by atoms with van der Waals surface area (Å²) in [6.07, 6.45) is 4.76. The van der Waals surface area contributed by atoms with E-state index in [0.717, 1.165) is 44.2 Å². The van der Waals surface area contributed by atoms with Crippen LogP contribution >= 0.6 is 0 Å². The fourth-order valence-corrected chi connectivity index (χ4v) is 2.84. The van der Waals surface area contributed by atoms with Crippen molar-refractivity contribution in [2.75, 3.05) is 45.2 Å². The van der Waals surface area contributed by atoms with E-state index in [-0.39, 0.29) is 0 Å². The average Bonchev–Trinajstić information content (AvgIpc) is 3.07. The van der Waals surface area contributed by atoms with Gasteiger partial charge in [-0.15, -0.1) is 0 Å². The third-order valence-electron chi connectivity index (χ3n) is 4.11. The maximum atomic E-state index is 5.14. The molecular formula is C17H23N5O. The summed E-state index contributed by atoms with van der Waals surface area (Å²) in [5.41, 5.74) is 1.71. The fraction of sp³-hybridized carbons (Fsp3) is 0.471. The zero-order valence-corrected chi connectivity index (χ0v) is 13.5. The van der Waals surface area contributed by atoms with E-state index in [1.807, 2.05) is 24.3 Å². The average molecular weight is 313 g/mol. The van der Waals surface area contributed by atoms with Gasteiger partial charge in [0.1, 0.15) is 0 Å². The lowest BCUT2D eigenvalue weighted by atomic mass is 10.1. The first-order valence-corrected chi connectivity index (χ1v) is 8.05. The highest BCUT2D eigenvalue weighted by molar-refractivity contribution is 5.54. The number of nitrogens with one attached hydrogen (secondary N) is 1. The summed E-state index contributed by atoms with van der Waals surface area (Å²) in [6.45, 7) is 4.96. The monoisotopic (exact) mass is 313 g/mol. The second kappa shape index (κ2) is 7.99. The predicted octanol–water partition coefficient (Wildman–Crippen LogP) is 1.92. The molecule has 0 amide bonds. The van der Waals surface area contributed by atoms with E-state index in [2.05, 4.69) is 25.2 Å². The molecule has 0 saturated carbocycles. The predicted molar refractivity (Wildman–Crippen MR) is 90.2 cm³/mol. The first-order chi connectivity index (χ1) is 11.3. The Morgan fingerprint density at radius 1 is 1.22 bits per heavy atom. The normalized spacial score (nSPS) is 18.2. The summed E-state index contributed by atoms with van der Waals surface area (Å²) in [4.78, 5) is 15.6. The largest absolute Gasteiger partial charge is 0.383 e. The smallest absolute Gasteiger partial charge is 0.223 e. The van der Waals surface area contributed by atoms with E-state index in [1.165, 1.54) is 6.42 Å². The number of hydrogen-bond acceptors (Lipinski definition) is 6. The Hall–Kier alpha value is -2.05. The van der Waals surface area contributed by atoms with Crippen molar-refractivity contribution >= 4 is 5.95 Å². The number of likely N-dealkylation sites (tertiary alicyclic amines) is 1. The van der Waals surface area contributed by atoms with Gasteiger partial charge in [0, 0.05) is 39.1 Å². The maximum absolute atomic E-state index is 5.14. The molecule has 0 aliphatic carbocycles.